The fraction of sp³-hybridized carbons (Fsp3) is 0.647. The third kappa shape index (κ3) is 4.33. The molecule has 0 bridgehead atoms. The maximum Gasteiger partial charge on any atom is 0.310 e. The first kappa shape index (κ1) is 19.8. The third-order valence-corrected chi connectivity index (χ3v) is 6.46. The van der Waals surface area contributed by atoms with Gasteiger partial charge >= 0.3 is 5.97 Å². The molecule has 2 fully saturated rings. The number of hydrogen-bond acceptors (Lipinski definition) is 7. The number of furan rings is 1. The van der Waals surface area contributed by atoms with E-state index in [2.05, 4.69) is 0 Å². The zero-order chi connectivity index (χ0) is 19.4. The molecule has 0 saturated carbocycles. The van der Waals surface area contributed by atoms with Crippen molar-refractivity contribution < 1.29 is 31.9 Å². The van der Waals surface area contributed by atoms with Crippen LogP contribution in [0.2, 0.25) is 0 Å². The van der Waals surface area contributed by atoms with Crippen LogP contribution in [0.3, 0.4) is 0 Å². The van der Waals surface area contributed by atoms with Gasteiger partial charge in [0, 0.05) is 26.2 Å². The Kier molecular flexibility index (Phi) is 6.18. The lowest BCUT2D eigenvalue weighted by Crippen LogP contribution is -2.42. The number of rotatable bonds is 5. The fourth-order valence-electron chi connectivity index (χ4n) is 3.26. The summed E-state index contributed by atoms with van der Waals surface area (Å²) in [5.41, 5.74) is 0. The first-order chi connectivity index (χ1) is 12.9. The summed E-state index contributed by atoms with van der Waals surface area (Å²) in [5.74, 6) is -1.15. The number of amides is 1. The van der Waals surface area contributed by atoms with E-state index in [0.717, 1.165) is 0 Å². The molecule has 1 aromatic heterocycles. The van der Waals surface area contributed by atoms with Crippen LogP contribution in [0, 0.1) is 5.92 Å². The van der Waals surface area contributed by atoms with Gasteiger partial charge in [0.2, 0.25) is 5.09 Å². The van der Waals surface area contributed by atoms with Gasteiger partial charge in [0.05, 0.1) is 25.7 Å². The molecule has 10 heteroatoms. The van der Waals surface area contributed by atoms with Gasteiger partial charge in [-0.1, -0.05) is 0 Å². The number of piperidine rings is 1. The molecule has 2 aliphatic heterocycles. The fourth-order valence-corrected chi connectivity index (χ4v) is 4.58. The van der Waals surface area contributed by atoms with E-state index in [4.69, 9.17) is 13.9 Å². The highest BCUT2D eigenvalue weighted by molar-refractivity contribution is 7.89. The zero-order valence-electron chi connectivity index (χ0n) is 15.3. The van der Waals surface area contributed by atoms with Crippen LogP contribution in [0.25, 0.3) is 0 Å². The predicted octanol–water partition coefficient (Wildman–Crippen LogP) is 0.716. The van der Waals surface area contributed by atoms with Crippen molar-refractivity contribution in [3.8, 4) is 0 Å². The van der Waals surface area contributed by atoms with Crippen LogP contribution in [0.15, 0.2) is 21.6 Å². The Balaban J connectivity index is 1.70. The molecule has 2 aliphatic rings. The van der Waals surface area contributed by atoms with Crippen molar-refractivity contribution in [3.05, 3.63) is 17.9 Å². The SMILES string of the molecule is CCOC(=O)C1CCCN(C(=O)c2ccc(S(=O)(=O)N3CCOCC3)o2)C1. The Labute approximate surface area is 158 Å². The van der Waals surface area contributed by atoms with E-state index >= 15 is 0 Å². The molecule has 3 heterocycles. The average molecular weight is 400 g/mol. The second kappa shape index (κ2) is 8.41. The largest absolute Gasteiger partial charge is 0.466 e. The van der Waals surface area contributed by atoms with Crippen LogP contribution in [0.4, 0.5) is 0 Å². The standard InChI is InChI=1S/C17H24N2O7S/c1-2-25-17(21)13-4-3-7-18(12-13)16(20)14-5-6-15(26-14)27(22,23)19-8-10-24-11-9-19/h5-6,13H,2-4,7-12H2,1H3. The van der Waals surface area contributed by atoms with Gasteiger partial charge in [-0.05, 0) is 31.9 Å². The smallest absolute Gasteiger partial charge is 0.310 e. The summed E-state index contributed by atoms with van der Waals surface area (Å²) >= 11 is 0. The van der Waals surface area contributed by atoms with Crippen molar-refractivity contribution >= 4 is 21.9 Å². The number of ether oxygens (including phenoxy) is 2. The maximum absolute atomic E-state index is 12.7. The Morgan fingerprint density at radius 1 is 1.22 bits per heavy atom. The summed E-state index contributed by atoms with van der Waals surface area (Å²) in [6, 6.07) is 2.66. The molecule has 0 aromatic carbocycles. The Hall–Kier alpha value is -1.91. The minimum absolute atomic E-state index is 0.0497. The molecule has 27 heavy (non-hydrogen) atoms. The molecule has 2 saturated heterocycles. The molecule has 1 amide bonds. The number of hydrogen-bond donors (Lipinski definition) is 0. The normalized spacial score (nSPS) is 21.8. The van der Waals surface area contributed by atoms with Gasteiger partial charge in [0.15, 0.2) is 5.76 Å². The molecular weight excluding hydrogens is 376 g/mol. The lowest BCUT2D eigenvalue weighted by atomic mass is 9.98. The highest BCUT2D eigenvalue weighted by atomic mass is 32.2. The minimum atomic E-state index is -3.80. The number of likely N-dealkylation sites (tertiary alicyclic amines) is 1. The van der Waals surface area contributed by atoms with E-state index < -0.39 is 15.9 Å². The van der Waals surface area contributed by atoms with Gasteiger partial charge in [0.25, 0.3) is 15.9 Å². The summed E-state index contributed by atoms with van der Waals surface area (Å²) in [4.78, 5) is 26.1. The van der Waals surface area contributed by atoms with Crippen molar-refractivity contribution in [2.24, 2.45) is 5.92 Å². The maximum atomic E-state index is 12.7. The number of sulfonamides is 1. The van der Waals surface area contributed by atoms with Crippen molar-refractivity contribution in [1.29, 1.82) is 0 Å². The summed E-state index contributed by atoms with van der Waals surface area (Å²) in [6.07, 6.45) is 1.34. The van der Waals surface area contributed by atoms with Crippen molar-refractivity contribution in [1.82, 2.24) is 9.21 Å². The van der Waals surface area contributed by atoms with Crippen LogP contribution in [0.1, 0.15) is 30.3 Å². The number of carbonyl (C=O) groups excluding carboxylic acids is 2. The predicted molar refractivity (Wildman–Crippen MR) is 93.5 cm³/mol. The lowest BCUT2D eigenvalue weighted by Gasteiger charge is -2.30. The van der Waals surface area contributed by atoms with E-state index in [1.165, 1.54) is 21.3 Å². The topological polar surface area (TPSA) is 106 Å². The molecule has 1 unspecified atom stereocenters. The zero-order valence-corrected chi connectivity index (χ0v) is 16.1. The van der Waals surface area contributed by atoms with Gasteiger partial charge in [-0.2, -0.15) is 4.31 Å². The lowest BCUT2D eigenvalue weighted by molar-refractivity contribution is -0.149. The number of carbonyl (C=O) groups is 2. The van der Waals surface area contributed by atoms with E-state index in [-0.39, 0.29) is 42.4 Å². The molecule has 0 aliphatic carbocycles. The molecule has 0 N–H and O–H groups in total. The van der Waals surface area contributed by atoms with E-state index in [1.54, 1.807) is 6.92 Å². The van der Waals surface area contributed by atoms with Gasteiger partial charge in [-0.3, -0.25) is 9.59 Å². The monoisotopic (exact) mass is 400 g/mol. The molecule has 0 radical (unpaired) electrons. The summed E-state index contributed by atoms with van der Waals surface area (Å²) in [7, 11) is -3.80. The Bertz CT molecular complexity index is 783. The van der Waals surface area contributed by atoms with Crippen molar-refractivity contribution in [3.63, 3.8) is 0 Å². The van der Waals surface area contributed by atoms with Crippen molar-refractivity contribution in [2.75, 3.05) is 46.0 Å². The molecule has 9 nitrogen and oxygen atoms in total. The molecular formula is C17H24N2O7S. The summed E-state index contributed by atoms with van der Waals surface area (Å²) in [5, 5.41) is -0.258. The van der Waals surface area contributed by atoms with Crippen LogP contribution in [-0.2, 0) is 24.3 Å². The third-order valence-electron chi connectivity index (χ3n) is 4.68. The Morgan fingerprint density at radius 2 is 1.96 bits per heavy atom. The van der Waals surface area contributed by atoms with E-state index in [1.807, 2.05) is 0 Å². The van der Waals surface area contributed by atoms with Gasteiger partial charge in [-0.15, -0.1) is 0 Å². The number of morpholine rings is 1. The molecule has 150 valence electrons. The minimum Gasteiger partial charge on any atom is -0.466 e. The second-order valence-electron chi connectivity index (χ2n) is 6.48. The number of esters is 1. The Morgan fingerprint density at radius 3 is 2.67 bits per heavy atom. The highest BCUT2D eigenvalue weighted by Gasteiger charge is 2.33. The molecule has 1 atom stereocenters. The van der Waals surface area contributed by atoms with Crippen LogP contribution in [0.5, 0.6) is 0 Å². The van der Waals surface area contributed by atoms with Crippen LogP contribution >= 0.6 is 0 Å². The van der Waals surface area contributed by atoms with Gasteiger partial charge in [-0.25, -0.2) is 8.42 Å². The van der Waals surface area contributed by atoms with Crippen LogP contribution in [-0.4, -0.2) is 75.5 Å². The summed E-state index contributed by atoms with van der Waals surface area (Å²) < 4.78 is 42.1. The van der Waals surface area contributed by atoms with Crippen LogP contribution < -0.4 is 0 Å². The summed E-state index contributed by atoms with van der Waals surface area (Å²) in [6.45, 7) is 3.92. The first-order valence-corrected chi connectivity index (χ1v) is 10.5. The molecule has 1 aromatic rings. The molecule has 3 rings (SSSR count). The number of nitrogens with zero attached hydrogens (tertiary/aromatic N) is 2. The van der Waals surface area contributed by atoms with E-state index in [0.29, 0.717) is 39.2 Å². The quantitative estimate of drug-likeness (QED) is 0.670. The van der Waals surface area contributed by atoms with E-state index in [9.17, 15) is 18.0 Å². The highest BCUT2D eigenvalue weighted by Crippen LogP contribution is 2.23. The van der Waals surface area contributed by atoms with Gasteiger partial charge in [0.1, 0.15) is 0 Å². The second-order valence-corrected chi connectivity index (χ2v) is 8.35. The van der Waals surface area contributed by atoms with Crippen molar-refractivity contribution in [2.45, 2.75) is 24.9 Å². The first-order valence-electron chi connectivity index (χ1n) is 9.07. The van der Waals surface area contributed by atoms with Gasteiger partial charge < -0.3 is 18.8 Å². The molecule has 0 spiro atoms. The average Bonchev–Trinajstić information content (AvgIpc) is 3.19.